The van der Waals surface area contributed by atoms with Crippen LogP contribution in [0.2, 0.25) is 0 Å². The maximum absolute atomic E-state index is 13.2. The average Bonchev–Trinajstić information content (AvgIpc) is 2.29. The van der Waals surface area contributed by atoms with Crippen LogP contribution in [-0.2, 0) is 11.0 Å². The minimum Gasteiger partial charge on any atom is -0.242 e. The smallest absolute Gasteiger partial charge is 0.242 e. The molecular weight excluding hydrogens is 390 g/mol. The fourth-order valence-electron chi connectivity index (χ4n) is 1.69. The number of nitrogens with zero attached hydrogens (tertiary/aromatic N) is 1. The molecule has 0 heterocycles. The molecule has 0 aromatic heterocycles. The molecule has 0 radical (unpaired) electrons. The minimum atomic E-state index is -4.47. The van der Waals surface area contributed by atoms with E-state index in [1.54, 1.807) is 26.0 Å². The lowest BCUT2D eigenvalue weighted by Gasteiger charge is -2.30. The van der Waals surface area contributed by atoms with Gasteiger partial charge in [-0.05, 0) is 54.1 Å². The van der Waals surface area contributed by atoms with Gasteiger partial charge in [0, 0.05) is 15.9 Å². The number of rotatable bonds is 4. The van der Waals surface area contributed by atoms with Crippen molar-refractivity contribution in [3.8, 4) is 0 Å². The molecule has 0 saturated heterocycles. The van der Waals surface area contributed by atoms with Gasteiger partial charge in [-0.3, -0.25) is 0 Å². The fraction of sp³-hybridized carbons (Fsp3) is 0.500. The number of hydrogen-bond acceptors (Lipinski definition) is 1. The summed E-state index contributed by atoms with van der Waals surface area (Å²) in [6.45, 7) is 3.27. The van der Waals surface area contributed by atoms with Gasteiger partial charge in [0.05, 0.1) is 11.0 Å². The first-order valence-electron chi connectivity index (χ1n) is 5.60. The molecule has 1 aromatic rings. The summed E-state index contributed by atoms with van der Waals surface area (Å²) in [5, 5.41) is -0.362. The lowest BCUT2D eigenvalue weighted by atomic mass is 10.1. The van der Waals surface area contributed by atoms with Crippen LogP contribution in [0.25, 0.3) is 0 Å². The summed E-state index contributed by atoms with van der Waals surface area (Å²) >= 11 is 2.03. The van der Waals surface area contributed by atoms with E-state index >= 15 is 0 Å². The molecule has 0 bridgehead atoms. The van der Waals surface area contributed by atoms with Crippen LogP contribution in [0.15, 0.2) is 24.3 Å². The van der Waals surface area contributed by atoms with Crippen molar-refractivity contribution in [1.29, 1.82) is 0 Å². The van der Waals surface area contributed by atoms with E-state index < -0.39 is 23.2 Å². The Morgan fingerprint density at radius 2 is 1.68 bits per heavy atom. The highest BCUT2D eigenvalue weighted by Crippen LogP contribution is 2.38. The first-order valence-corrected chi connectivity index (χ1v) is 7.85. The maximum atomic E-state index is 13.2. The number of benzene rings is 1. The molecule has 0 aliphatic carbocycles. The second-order valence-corrected chi connectivity index (χ2v) is 7.68. The Hall–Kier alpha value is -0.150. The van der Waals surface area contributed by atoms with Gasteiger partial charge >= 0.3 is 6.18 Å². The molecule has 0 saturated carbocycles. The van der Waals surface area contributed by atoms with Gasteiger partial charge in [-0.15, -0.1) is 0 Å². The molecular formula is C12H15F3INOS. The Kier molecular flexibility index (Phi) is 5.81. The van der Waals surface area contributed by atoms with Gasteiger partial charge in [0.15, 0.2) is 0 Å². The molecule has 0 spiro atoms. The third kappa shape index (κ3) is 4.42. The van der Waals surface area contributed by atoms with Gasteiger partial charge in [0.1, 0.15) is 6.04 Å². The highest BCUT2D eigenvalue weighted by atomic mass is 127. The van der Waals surface area contributed by atoms with Gasteiger partial charge < -0.3 is 0 Å². The van der Waals surface area contributed by atoms with E-state index in [2.05, 4.69) is 0 Å². The van der Waals surface area contributed by atoms with Gasteiger partial charge in [0.25, 0.3) is 0 Å². The molecule has 0 amide bonds. The summed E-state index contributed by atoms with van der Waals surface area (Å²) in [7, 11) is -0.445. The van der Waals surface area contributed by atoms with Crippen LogP contribution in [-0.4, -0.2) is 27.0 Å². The highest BCUT2D eigenvalue weighted by molar-refractivity contribution is 14.1. The zero-order valence-electron chi connectivity index (χ0n) is 10.7. The lowest BCUT2D eigenvalue weighted by Crippen LogP contribution is -2.39. The SMILES string of the molecule is CC(C)[S@@](=O)N(C)[C@@H](c1ccc(I)cc1)C(F)(F)F. The van der Waals surface area contributed by atoms with Crippen LogP contribution in [0, 0.1) is 3.57 Å². The quantitative estimate of drug-likeness (QED) is 0.696. The van der Waals surface area contributed by atoms with Crippen LogP contribution >= 0.6 is 22.6 Å². The van der Waals surface area contributed by atoms with Crippen molar-refractivity contribution >= 4 is 33.6 Å². The van der Waals surface area contributed by atoms with E-state index in [0.717, 1.165) is 7.88 Å². The summed E-state index contributed by atoms with van der Waals surface area (Å²) in [5.74, 6) is 0. The third-order valence-electron chi connectivity index (χ3n) is 2.55. The highest BCUT2D eigenvalue weighted by Gasteiger charge is 2.45. The molecule has 2 atom stereocenters. The van der Waals surface area contributed by atoms with Crippen molar-refractivity contribution in [3.63, 3.8) is 0 Å². The molecule has 1 rings (SSSR count). The van der Waals surface area contributed by atoms with Gasteiger partial charge in [-0.1, -0.05) is 12.1 Å². The molecule has 0 fully saturated rings. The summed E-state index contributed by atoms with van der Waals surface area (Å²) in [6.07, 6.45) is -4.47. The monoisotopic (exact) mass is 405 g/mol. The van der Waals surface area contributed by atoms with Crippen molar-refractivity contribution in [1.82, 2.24) is 4.31 Å². The summed E-state index contributed by atoms with van der Waals surface area (Å²) in [6, 6.07) is 4.22. The van der Waals surface area contributed by atoms with E-state index in [1.165, 1.54) is 19.2 Å². The summed E-state index contributed by atoms with van der Waals surface area (Å²) in [5.41, 5.74) is 0.101. The van der Waals surface area contributed by atoms with E-state index in [1.807, 2.05) is 22.6 Å². The van der Waals surface area contributed by atoms with Crippen molar-refractivity contribution in [2.24, 2.45) is 0 Å². The molecule has 1 aromatic carbocycles. The fourth-order valence-corrected chi connectivity index (χ4v) is 3.16. The molecule has 0 aliphatic rings. The molecule has 19 heavy (non-hydrogen) atoms. The Morgan fingerprint density at radius 1 is 1.21 bits per heavy atom. The van der Waals surface area contributed by atoms with Gasteiger partial charge in [0.2, 0.25) is 0 Å². The summed E-state index contributed by atoms with van der Waals surface area (Å²) < 4.78 is 53.3. The van der Waals surface area contributed by atoms with Gasteiger partial charge in [-0.25, -0.2) is 8.51 Å². The van der Waals surface area contributed by atoms with Crippen LogP contribution in [0.1, 0.15) is 25.5 Å². The lowest BCUT2D eigenvalue weighted by molar-refractivity contribution is -0.170. The van der Waals surface area contributed by atoms with E-state index in [9.17, 15) is 17.4 Å². The Balaban J connectivity index is 3.16. The van der Waals surface area contributed by atoms with Crippen molar-refractivity contribution in [2.75, 3.05) is 7.05 Å². The second-order valence-electron chi connectivity index (χ2n) is 4.37. The van der Waals surface area contributed by atoms with Crippen LogP contribution in [0.3, 0.4) is 0 Å². The first kappa shape index (κ1) is 16.9. The standard InChI is InChI=1S/C12H15F3INOS/c1-8(2)19(18)17(3)11(12(13,14)15)9-4-6-10(16)7-5-9/h4-8,11H,1-3H3/t11-,19+/m0/s1. The van der Waals surface area contributed by atoms with E-state index in [4.69, 9.17) is 0 Å². The number of halogens is 4. The van der Waals surface area contributed by atoms with E-state index in [0.29, 0.717) is 0 Å². The van der Waals surface area contributed by atoms with Gasteiger partial charge in [-0.2, -0.15) is 13.2 Å². The molecule has 108 valence electrons. The van der Waals surface area contributed by atoms with Crippen molar-refractivity contribution < 1.29 is 17.4 Å². The average molecular weight is 405 g/mol. The number of hydrogen-bond donors (Lipinski definition) is 0. The normalized spacial score (nSPS) is 15.8. The van der Waals surface area contributed by atoms with Crippen LogP contribution in [0.5, 0.6) is 0 Å². The minimum absolute atomic E-state index is 0.101. The second kappa shape index (κ2) is 6.53. The van der Waals surface area contributed by atoms with Crippen molar-refractivity contribution in [2.45, 2.75) is 31.3 Å². The Morgan fingerprint density at radius 3 is 2.05 bits per heavy atom. The zero-order chi connectivity index (χ0) is 14.8. The topological polar surface area (TPSA) is 20.3 Å². The number of alkyl halides is 3. The molecule has 7 heteroatoms. The zero-order valence-corrected chi connectivity index (χ0v) is 13.7. The molecule has 0 aliphatic heterocycles. The molecule has 2 nitrogen and oxygen atoms in total. The summed E-state index contributed by atoms with van der Waals surface area (Å²) in [4.78, 5) is 0. The Bertz CT molecular complexity index is 447. The predicted molar refractivity (Wildman–Crippen MR) is 79.0 cm³/mol. The van der Waals surface area contributed by atoms with E-state index in [-0.39, 0.29) is 10.8 Å². The largest absolute Gasteiger partial charge is 0.409 e. The predicted octanol–water partition coefficient (Wildman–Crippen LogP) is 3.90. The Labute approximate surface area is 127 Å². The maximum Gasteiger partial charge on any atom is 0.409 e. The van der Waals surface area contributed by atoms with Crippen LogP contribution < -0.4 is 0 Å². The molecule has 0 N–H and O–H groups in total. The van der Waals surface area contributed by atoms with Crippen LogP contribution in [0.4, 0.5) is 13.2 Å². The van der Waals surface area contributed by atoms with Crippen molar-refractivity contribution in [3.05, 3.63) is 33.4 Å². The third-order valence-corrected chi connectivity index (χ3v) is 4.85. The molecule has 0 unspecified atom stereocenters. The first-order chi connectivity index (χ1) is 8.64.